The number of carbonyl (C=O) groups excluding carboxylic acids is 12. The molecule has 12 amide bonds. The van der Waals surface area contributed by atoms with Crippen LogP contribution in [-0.2, 0) is 57.5 Å². The van der Waals surface area contributed by atoms with Gasteiger partial charge in [0.1, 0.15) is 47.8 Å². The highest BCUT2D eigenvalue weighted by molar-refractivity contribution is 6.21. The number of halogens is 7. The Labute approximate surface area is 601 Å². The van der Waals surface area contributed by atoms with E-state index in [-0.39, 0.29) is 89.8 Å². The van der Waals surface area contributed by atoms with Crippen molar-refractivity contribution in [3.8, 4) is 0 Å². The van der Waals surface area contributed by atoms with Gasteiger partial charge in [-0.05, 0) is 126 Å². The maximum absolute atomic E-state index is 15.8. The van der Waals surface area contributed by atoms with E-state index in [2.05, 4.69) is 16.0 Å². The lowest BCUT2D eigenvalue weighted by atomic mass is 9.78. The zero-order chi connectivity index (χ0) is 75.3. The minimum Gasteiger partial charge on any atom is -0.343 e. The van der Waals surface area contributed by atoms with E-state index in [1.165, 1.54) is 52.1 Å². The highest BCUT2D eigenvalue weighted by Crippen LogP contribution is 2.44. The third kappa shape index (κ3) is 21.6. The second kappa shape index (κ2) is 36.5. The van der Waals surface area contributed by atoms with Gasteiger partial charge in [0.05, 0.1) is 38.4 Å². The number of hydrogen-bond donors (Lipinski definition) is 3. The highest BCUT2D eigenvalue weighted by atomic mass is 35.5. The van der Waals surface area contributed by atoms with E-state index < -0.39 is 193 Å². The van der Waals surface area contributed by atoms with Gasteiger partial charge in [-0.25, -0.2) is 0 Å². The van der Waals surface area contributed by atoms with E-state index in [4.69, 9.17) is 11.6 Å². The van der Waals surface area contributed by atoms with Crippen LogP contribution in [0.1, 0.15) is 194 Å². The van der Waals surface area contributed by atoms with Crippen molar-refractivity contribution in [1.82, 2.24) is 60.0 Å². The molecular formula is C71H111ClF6N12O12. The monoisotopic (exact) mass is 1470 g/mol. The quantitative estimate of drug-likeness (QED) is 0.159. The molecule has 3 N–H and O–H groups in total. The first-order valence-corrected chi connectivity index (χ1v) is 37.4. The molecule has 0 aromatic rings. The Morgan fingerprint density at radius 3 is 1.74 bits per heavy atom. The van der Waals surface area contributed by atoms with E-state index in [0.717, 1.165) is 76.5 Å². The van der Waals surface area contributed by atoms with Crippen molar-refractivity contribution in [3.63, 3.8) is 0 Å². The number of rotatable bonds is 10. The molecule has 7 rings (SSSR count). The summed E-state index contributed by atoms with van der Waals surface area (Å²) in [5.41, 5.74) is -1.61. The molecule has 4 saturated carbocycles. The van der Waals surface area contributed by atoms with Crippen molar-refractivity contribution < 1.29 is 83.9 Å². The number of carbonyl (C=O) groups is 12. The molecule has 102 heavy (non-hydrogen) atoms. The Morgan fingerprint density at radius 1 is 0.549 bits per heavy atom. The Bertz CT molecular complexity index is 2980. The zero-order valence-electron chi connectivity index (χ0n) is 61.1. The maximum Gasteiger partial charge on any atom is 0.393 e. The molecule has 0 bridgehead atoms. The predicted molar refractivity (Wildman–Crippen MR) is 366 cm³/mol. The lowest BCUT2D eigenvalue weighted by Crippen LogP contribution is -2.65. The average Bonchev–Trinajstić information content (AvgIpc) is 1.47. The van der Waals surface area contributed by atoms with Gasteiger partial charge in [-0.3, -0.25) is 57.5 Å². The first-order chi connectivity index (χ1) is 47.9. The van der Waals surface area contributed by atoms with Crippen LogP contribution in [0.25, 0.3) is 0 Å². The Kier molecular flexibility index (Phi) is 29.6. The van der Waals surface area contributed by atoms with E-state index in [1.54, 1.807) is 18.7 Å². The second-order valence-electron chi connectivity index (χ2n) is 30.8. The molecule has 10 atom stereocenters. The molecule has 7 fully saturated rings. The van der Waals surface area contributed by atoms with Gasteiger partial charge in [0.15, 0.2) is 0 Å². The molecule has 0 radical (unpaired) electrons. The third-order valence-electron chi connectivity index (χ3n) is 22.7. The molecular weight excluding hydrogens is 1360 g/mol. The van der Waals surface area contributed by atoms with Crippen molar-refractivity contribution in [2.24, 2.45) is 29.6 Å². The molecule has 7 aliphatic rings. The summed E-state index contributed by atoms with van der Waals surface area (Å²) < 4.78 is 85.7. The van der Waals surface area contributed by atoms with E-state index in [0.29, 0.717) is 62.7 Å². The fourth-order valence-electron chi connectivity index (χ4n) is 16.6. The van der Waals surface area contributed by atoms with Gasteiger partial charge >= 0.3 is 12.4 Å². The van der Waals surface area contributed by atoms with E-state index in [9.17, 15) is 59.9 Å². The minimum atomic E-state index is -5.07. The molecule has 31 heteroatoms. The van der Waals surface area contributed by atoms with Crippen LogP contribution >= 0.6 is 11.6 Å². The molecule has 1 spiro atoms. The average molecular weight is 1470 g/mol. The first kappa shape index (κ1) is 82.8. The number of alkyl halides is 7. The Morgan fingerprint density at radius 2 is 1.14 bits per heavy atom. The van der Waals surface area contributed by atoms with Gasteiger partial charge in [0.25, 0.3) is 0 Å². The van der Waals surface area contributed by atoms with Gasteiger partial charge < -0.3 is 60.0 Å². The molecule has 0 aromatic carbocycles. The number of amides is 12. The van der Waals surface area contributed by atoms with Crippen LogP contribution in [0.3, 0.4) is 0 Å². The summed E-state index contributed by atoms with van der Waals surface area (Å²) >= 11 is 6.39. The SMILES string of the molecule is CC(C)C[C@H]1C(=O)N[C@@H](CC(F)(F)F)C(=O)N(C)CC(=O)N(C)CC(=O)N(C)[C@@H](CC2CCCCC2)C(=O)N(C)CC(=O)N[C@@H](CCC2CCC(C(F)(F)F)C(Cl)C2)C(=O)N2CCC[C@H]2C(=O)NC2(CCCC2)C(=O)N(C)[C@@H](C2CCCCC2)C(=O)N(C)[C@H](C(=O)N2CCCCC2)CC(=O)N1C. The lowest BCUT2D eigenvalue weighted by Gasteiger charge is -2.43. The van der Waals surface area contributed by atoms with Gasteiger partial charge in [-0.15, -0.1) is 11.6 Å². The molecule has 3 saturated heterocycles. The number of piperidine rings is 1. The molecule has 4 aliphatic carbocycles. The van der Waals surface area contributed by atoms with Crippen molar-refractivity contribution in [1.29, 1.82) is 0 Å². The Hall–Kier alpha value is -6.49. The smallest absolute Gasteiger partial charge is 0.343 e. The number of nitrogens with zero attached hydrogens (tertiary/aromatic N) is 9. The van der Waals surface area contributed by atoms with Crippen molar-refractivity contribution in [2.45, 2.75) is 259 Å². The van der Waals surface area contributed by atoms with Crippen LogP contribution in [0, 0.1) is 29.6 Å². The summed E-state index contributed by atoms with van der Waals surface area (Å²) in [6.07, 6.45) is -1.36. The summed E-state index contributed by atoms with van der Waals surface area (Å²) in [5.74, 6) is -12.9. The fourth-order valence-corrected chi connectivity index (χ4v) is 17.1. The summed E-state index contributed by atoms with van der Waals surface area (Å²) in [7, 11) is 8.99. The molecule has 0 aromatic heterocycles. The van der Waals surface area contributed by atoms with Crippen molar-refractivity contribution in [3.05, 3.63) is 0 Å². The normalized spacial score (nSPS) is 29.6. The van der Waals surface area contributed by atoms with Gasteiger partial charge in [-0.1, -0.05) is 78.1 Å². The van der Waals surface area contributed by atoms with E-state index in [1.807, 2.05) is 0 Å². The fraction of sp³-hybridized carbons (Fsp3) is 0.831. The molecule has 3 aliphatic heterocycles. The van der Waals surface area contributed by atoms with Crippen LogP contribution in [0.15, 0.2) is 0 Å². The van der Waals surface area contributed by atoms with Gasteiger partial charge in [-0.2, -0.15) is 26.3 Å². The molecule has 3 unspecified atom stereocenters. The van der Waals surface area contributed by atoms with Crippen LogP contribution in [0.4, 0.5) is 26.3 Å². The minimum absolute atomic E-state index is 0.0316. The summed E-state index contributed by atoms with van der Waals surface area (Å²) in [6.45, 7) is 1.77. The largest absolute Gasteiger partial charge is 0.393 e. The number of likely N-dealkylation sites (tertiary alicyclic amines) is 1. The standard InChI is InChI=1S/C71H111ClF6N12O12/c1-44(2)36-53-61(95)80-51(40-70(73,74)75)63(97)84(5)42-58(93)82(3)43-59(94)86(7)54(38-45-22-13-10-14-23-45)65(99)83(4)41-56(91)79-50(30-28-46-27-29-48(49(72)37-46)71(76,77)78)64(98)90-35-21-26-52(90)62(96)81-69(31-17-18-32-69)68(102)88(9)60(47-24-15-11-16-25-47)67(101)87(8)55(39-57(92)85(53)6)66(100)89-33-19-12-20-34-89/h44-55,60H,10-43H2,1-9H3,(H,79,91)(H,80,95)(H,81,96)/t46?,48?,49?,50-,51-,52-,53-,54-,55-,60-/m0/s1. The number of likely N-dealkylation sites (N-methyl/N-ethyl adjacent to an activating group) is 7. The van der Waals surface area contributed by atoms with Gasteiger partial charge in [0, 0.05) is 74.3 Å². The lowest BCUT2D eigenvalue weighted by molar-refractivity contribution is -0.182. The summed E-state index contributed by atoms with van der Waals surface area (Å²) in [4.78, 5) is 188. The molecule has 24 nitrogen and oxygen atoms in total. The second-order valence-corrected chi connectivity index (χ2v) is 31.3. The molecule has 576 valence electrons. The zero-order valence-corrected chi connectivity index (χ0v) is 61.9. The van der Waals surface area contributed by atoms with Crippen molar-refractivity contribution in [2.75, 3.05) is 88.6 Å². The third-order valence-corrected chi connectivity index (χ3v) is 23.2. The number of nitrogens with one attached hydrogen (secondary N) is 3. The van der Waals surface area contributed by atoms with Crippen LogP contribution < -0.4 is 16.0 Å². The van der Waals surface area contributed by atoms with E-state index >= 15 is 24.0 Å². The predicted octanol–water partition coefficient (Wildman–Crippen LogP) is 6.39. The van der Waals surface area contributed by atoms with Crippen molar-refractivity contribution >= 4 is 82.5 Å². The maximum atomic E-state index is 15.8. The summed E-state index contributed by atoms with van der Waals surface area (Å²) in [6, 6.07) is -10.5. The highest BCUT2D eigenvalue weighted by Gasteiger charge is 2.52. The van der Waals surface area contributed by atoms with Gasteiger partial charge in [0.2, 0.25) is 70.9 Å². The van der Waals surface area contributed by atoms with Crippen LogP contribution in [0.2, 0.25) is 0 Å². The molecule has 3 heterocycles. The van der Waals surface area contributed by atoms with Crippen LogP contribution in [-0.4, -0.2) is 269 Å². The summed E-state index contributed by atoms with van der Waals surface area (Å²) in [5, 5.41) is 6.80. The van der Waals surface area contributed by atoms with Crippen LogP contribution in [0.5, 0.6) is 0 Å². The topological polar surface area (TPSA) is 270 Å². The number of fused-ring (bicyclic) bond motifs is 1. The first-order valence-electron chi connectivity index (χ1n) is 37.0. The Balaban J connectivity index is 1.28. The number of hydrogen-bond acceptors (Lipinski definition) is 12.